The smallest absolute Gasteiger partial charge is 0.162 e. The summed E-state index contributed by atoms with van der Waals surface area (Å²) in [6, 6.07) is 5.68. The number of nitriles is 1. The second kappa shape index (κ2) is 2.98. The summed E-state index contributed by atoms with van der Waals surface area (Å²) in [4.78, 5) is 0. The van der Waals surface area contributed by atoms with E-state index in [2.05, 4.69) is 6.07 Å². The van der Waals surface area contributed by atoms with Crippen molar-refractivity contribution in [2.24, 2.45) is 0 Å². The highest BCUT2D eigenvalue weighted by molar-refractivity contribution is 5.51. The predicted octanol–water partition coefficient (Wildman–Crippen LogP) is 1.64. The maximum absolute atomic E-state index is 8.77. The van der Waals surface area contributed by atoms with Crippen LogP contribution in [0.25, 0.3) is 0 Å². The summed E-state index contributed by atoms with van der Waals surface area (Å²) >= 11 is 0. The van der Waals surface area contributed by atoms with Gasteiger partial charge in [-0.05, 0) is 18.6 Å². The van der Waals surface area contributed by atoms with Gasteiger partial charge in [-0.3, -0.25) is 0 Å². The predicted molar refractivity (Wildman–Crippen MR) is 46.9 cm³/mol. The Hall–Kier alpha value is -1.69. The molecule has 1 aliphatic heterocycles. The first-order valence-electron chi connectivity index (χ1n) is 4.11. The lowest BCUT2D eigenvalue weighted by molar-refractivity contribution is 0.171. The molecule has 0 N–H and O–H groups in total. The van der Waals surface area contributed by atoms with Crippen LogP contribution >= 0.6 is 0 Å². The molecular weight excluding hydrogens is 166 g/mol. The molecule has 0 fully saturated rings. The molecule has 3 nitrogen and oxygen atoms in total. The number of ether oxygens (including phenoxy) is 2. The zero-order valence-electron chi connectivity index (χ0n) is 7.33. The molecule has 0 aliphatic carbocycles. The number of benzene rings is 1. The van der Waals surface area contributed by atoms with Crippen LogP contribution < -0.4 is 9.47 Å². The monoisotopic (exact) mass is 175 g/mol. The van der Waals surface area contributed by atoms with Crippen LogP contribution in [0.5, 0.6) is 11.5 Å². The van der Waals surface area contributed by atoms with Gasteiger partial charge in [0.1, 0.15) is 13.2 Å². The molecule has 1 aliphatic rings. The third kappa shape index (κ3) is 1.31. The second-order valence-electron chi connectivity index (χ2n) is 2.92. The molecule has 66 valence electrons. The molecule has 13 heavy (non-hydrogen) atoms. The first-order chi connectivity index (χ1) is 6.31. The number of aryl methyl sites for hydroxylation is 1. The van der Waals surface area contributed by atoms with E-state index < -0.39 is 0 Å². The van der Waals surface area contributed by atoms with Gasteiger partial charge in [-0.25, -0.2) is 0 Å². The van der Waals surface area contributed by atoms with Crippen molar-refractivity contribution < 1.29 is 9.47 Å². The van der Waals surface area contributed by atoms with E-state index in [4.69, 9.17) is 14.7 Å². The lowest BCUT2D eigenvalue weighted by Gasteiger charge is -2.18. The Morgan fingerprint density at radius 2 is 1.85 bits per heavy atom. The van der Waals surface area contributed by atoms with E-state index in [9.17, 15) is 0 Å². The van der Waals surface area contributed by atoms with Gasteiger partial charge in [0.05, 0.1) is 11.6 Å². The summed E-state index contributed by atoms with van der Waals surface area (Å²) in [5.74, 6) is 1.41. The molecule has 1 aromatic rings. The van der Waals surface area contributed by atoms with E-state index in [1.54, 1.807) is 6.07 Å². The van der Waals surface area contributed by atoms with Crippen LogP contribution in [0, 0.1) is 18.3 Å². The zero-order valence-corrected chi connectivity index (χ0v) is 7.33. The minimum absolute atomic E-state index is 0.556. The molecule has 0 saturated heterocycles. The largest absolute Gasteiger partial charge is 0.486 e. The summed E-state index contributed by atoms with van der Waals surface area (Å²) in [7, 11) is 0. The molecule has 1 heterocycles. The first-order valence-corrected chi connectivity index (χ1v) is 4.11. The average molecular weight is 175 g/mol. The van der Waals surface area contributed by atoms with Crippen molar-refractivity contribution >= 4 is 0 Å². The molecule has 1 aromatic carbocycles. The summed E-state index contributed by atoms with van der Waals surface area (Å²) in [6.45, 7) is 3.02. The highest BCUT2D eigenvalue weighted by Gasteiger charge is 2.13. The zero-order chi connectivity index (χ0) is 9.26. The van der Waals surface area contributed by atoms with Gasteiger partial charge in [0.15, 0.2) is 11.5 Å². The van der Waals surface area contributed by atoms with E-state index in [0.717, 1.165) is 11.3 Å². The summed E-state index contributed by atoms with van der Waals surface area (Å²) in [5.41, 5.74) is 1.57. The van der Waals surface area contributed by atoms with Gasteiger partial charge in [0, 0.05) is 6.07 Å². The fraction of sp³-hybridized carbons (Fsp3) is 0.300. The van der Waals surface area contributed by atoms with Gasteiger partial charge in [0.25, 0.3) is 0 Å². The molecule has 0 radical (unpaired) electrons. The van der Waals surface area contributed by atoms with E-state index in [1.165, 1.54) is 0 Å². The van der Waals surface area contributed by atoms with Gasteiger partial charge in [-0.2, -0.15) is 5.26 Å². The lowest BCUT2D eigenvalue weighted by Crippen LogP contribution is -2.15. The number of hydrogen-bond acceptors (Lipinski definition) is 3. The van der Waals surface area contributed by atoms with Gasteiger partial charge in [-0.15, -0.1) is 0 Å². The molecule has 0 bridgehead atoms. The summed E-state index contributed by atoms with van der Waals surface area (Å²) < 4.78 is 10.7. The third-order valence-corrected chi connectivity index (χ3v) is 2.01. The fourth-order valence-electron chi connectivity index (χ4n) is 1.31. The topological polar surface area (TPSA) is 42.2 Å². The SMILES string of the molecule is Cc1cc2c(cc1C#N)OCCO2. The number of nitrogens with zero attached hydrogens (tertiary/aromatic N) is 1. The van der Waals surface area contributed by atoms with Crippen LogP contribution in [0.2, 0.25) is 0 Å². The van der Waals surface area contributed by atoms with Crippen LogP contribution in [0.4, 0.5) is 0 Å². The van der Waals surface area contributed by atoms with Crippen molar-refractivity contribution in [3.05, 3.63) is 23.3 Å². The van der Waals surface area contributed by atoms with E-state index in [0.29, 0.717) is 24.5 Å². The summed E-state index contributed by atoms with van der Waals surface area (Å²) in [6.07, 6.45) is 0. The Morgan fingerprint density at radius 1 is 1.23 bits per heavy atom. The average Bonchev–Trinajstić information content (AvgIpc) is 2.17. The number of rotatable bonds is 0. The molecule has 0 spiro atoms. The Morgan fingerprint density at radius 3 is 2.46 bits per heavy atom. The van der Waals surface area contributed by atoms with Gasteiger partial charge in [-0.1, -0.05) is 0 Å². The van der Waals surface area contributed by atoms with E-state index >= 15 is 0 Å². The van der Waals surface area contributed by atoms with Crippen molar-refractivity contribution in [3.8, 4) is 17.6 Å². The quantitative estimate of drug-likeness (QED) is 0.602. The van der Waals surface area contributed by atoms with Crippen LogP contribution in [0.15, 0.2) is 12.1 Å². The third-order valence-electron chi connectivity index (χ3n) is 2.01. The number of fused-ring (bicyclic) bond motifs is 1. The second-order valence-corrected chi connectivity index (χ2v) is 2.92. The van der Waals surface area contributed by atoms with Gasteiger partial charge < -0.3 is 9.47 Å². The summed E-state index contributed by atoms with van der Waals surface area (Å²) in [5, 5.41) is 8.77. The van der Waals surface area contributed by atoms with Crippen LogP contribution in [0.1, 0.15) is 11.1 Å². The van der Waals surface area contributed by atoms with Crippen molar-refractivity contribution in [1.82, 2.24) is 0 Å². The Kier molecular flexibility index (Phi) is 1.82. The Labute approximate surface area is 76.5 Å². The standard InChI is InChI=1S/C10H9NO2/c1-7-4-9-10(5-8(7)6-11)13-3-2-12-9/h4-5H,2-3H2,1H3. The van der Waals surface area contributed by atoms with Gasteiger partial charge >= 0.3 is 0 Å². The lowest BCUT2D eigenvalue weighted by atomic mass is 10.1. The molecule has 2 rings (SSSR count). The number of hydrogen-bond donors (Lipinski definition) is 0. The van der Waals surface area contributed by atoms with Crippen LogP contribution in [-0.4, -0.2) is 13.2 Å². The molecular formula is C10H9NO2. The normalized spacial score (nSPS) is 13.5. The molecule has 0 unspecified atom stereocenters. The molecule has 0 saturated carbocycles. The van der Waals surface area contributed by atoms with Crippen molar-refractivity contribution in [2.45, 2.75) is 6.92 Å². The van der Waals surface area contributed by atoms with Crippen molar-refractivity contribution in [2.75, 3.05) is 13.2 Å². The minimum atomic E-state index is 0.556. The highest BCUT2D eigenvalue weighted by Crippen LogP contribution is 2.32. The molecule has 0 aromatic heterocycles. The molecule has 3 heteroatoms. The van der Waals surface area contributed by atoms with Crippen LogP contribution in [0.3, 0.4) is 0 Å². The molecule has 0 amide bonds. The maximum atomic E-state index is 8.77. The van der Waals surface area contributed by atoms with Crippen molar-refractivity contribution in [1.29, 1.82) is 5.26 Å². The van der Waals surface area contributed by atoms with E-state index in [-0.39, 0.29) is 0 Å². The fourth-order valence-corrected chi connectivity index (χ4v) is 1.31. The van der Waals surface area contributed by atoms with E-state index in [1.807, 2.05) is 13.0 Å². The van der Waals surface area contributed by atoms with Crippen LogP contribution in [-0.2, 0) is 0 Å². The van der Waals surface area contributed by atoms with Crippen molar-refractivity contribution in [3.63, 3.8) is 0 Å². The van der Waals surface area contributed by atoms with Gasteiger partial charge in [0.2, 0.25) is 0 Å². The molecule has 0 atom stereocenters. The maximum Gasteiger partial charge on any atom is 0.162 e. The Balaban J connectivity index is 2.52. The highest BCUT2D eigenvalue weighted by atomic mass is 16.6. The minimum Gasteiger partial charge on any atom is -0.486 e. The first kappa shape index (κ1) is 7.93. The Bertz CT molecular complexity index is 379.